The first kappa shape index (κ1) is 23.3. The summed E-state index contributed by atoms with van der Waals surface area (Å²) in [6.07, 6.45) is 4.55. The smallest absolute Gasteiger partial charge is 0.357 e. The number of rotatable bonds is 6. The number of nitrogens with two attached hydrogens (primary N) is 1. The first-order chi connectivity index (χ1) is 10.3. The molecule has 0 radical (unpaired) electrons. The van der Waals surface area contributed by atoms with Crippen LogP contribution in [-0.4, -0.2) is 20.9 Å². The van der Waals surface area contributed by atoms with Crippen LogP contribution >= 0.6 is 19.2 Å². The van der Waals surface area contributed by atoms with Crippen LogP contribution in [0.5, 0.6) is 0 Å². The summed E-state index contributed by atoms with van der Waals surface area (Å²) in [7, 11) is -4.19. The molecule has 1 aromatic rings. The fraction of sp³-hybridized carbons (Fsp3) is 0.462. The van der Waals surface area contributed by atoms with Crippen molar-refractivity contribution in [3.63, 3.8) is 0 Å². The summed E-state index contributed by atoms with van der Waals surface area (Å²) in [5, 5.41) is 8.19. The van der Waals surface area contributed by atoms with E-state index in [-0.39, 0.29) is 10.3 Å². The number of carbonyl (C=O) groups is 1. The van der Waals surface area contributed by atoms with Crippen LogP contribution in [0.15, 0.2) is 24.3 Å². The largest absolute Gasteiger partial charge is 0.481 e. The number of aliphatic carboxylic acids is 1. The maximum Gasteiger partial charge on any atom is 0.357 e. The second-order valence-corrected chi connectivity index (χ2v) is 6.18. The Balaban J connectivity index is 0. The van der Waals surface area contributed by atoms with Gasteiger partial charge in [0, 0.05) is 6.42 Å². The predicted molar refractivity (Wildman–Crippen MR) is 84.8 cm³/mol. The van der Waals surface area contributed by atoms with Gasteiger partial charge in [0.15, 0.2) is 0 Å². The van der Waals surface area contributed by atoms with Crippen LogP contribution in [0.4, 0.5) is 4.48 Å². The van der Waals surface area contributed by atoms with Gasteiger partial charge in [-0.15, -0.1) is 4.48 Å². The molecule has 9 heteroatoms. The molecule has 0 aliphatic carbocycles. The zero-order valence-corrected chi connectivity index (χ0v) is 13.9. The van der Waals surface area contributed by atoms with Crippen LogP contribution in [0.2, 0.25) is 5.02 Å². The van der Waals surface area contributed by atoms with E-state index in [0.29, 0.717) is 6.42 Å². The van der Waals surface area contributed by atoms with E-state index < -0.39 is 13.6 Å². The third-order valence-electron chi connectivity index (χ3n) is 2.41. The van der Waals surface area contributed by atoms with Crippen LogP contribution in [0.25, 0.3) is 0 Å². The van der Waals surface area contributed by atoms with Crippen LogP contribution in [0.3, 0.4) is 0 Å². The second kappa shape index (κ2) is 13.7. The lowest BCUT2D eigenvalue weighted by Crippen LogP contribution is -2.03. The molecule has 0 atom stereocenters. The average Bonchev–Trinajstić information content (AvgIpc) is 2.45. The number of halogens is 2. The Morgan fingerprint density at radius 3 is 2.14 bits per heavy atom. The average molecular weight is 358 g/mol. The summed E-state index contributed by atoms with van der Waals surface area (Å²) in [5.74, 6) is 2.33. The van der Waals surface area contributed by atoms with E-state index in [1.807, 2.05) is 0 Å². The molecule has 6 nitrogen and oxygen atoms in total. The Hall–Kier alpha value is -0.980. The molecule has 0 fully saturated rings. The lowest BCUT2D eigenvalue weighted by Gasteiger charge is -2.04. The molecule has 22 heavy (non-hydrogen) atoms. The highest BCUT2D eigenvalue weighted by Crippen LogP contribution is 2.35. The van der Waals surface area contributed by atoms with Crippen molar-refractivity contribution in [3.8, 4) is 0 Å². The molecule has 0 amide bonds. The fourth-order valence-corrected chi connectivity index (χ4v) is 2.49. The normalized spacial score (nSPS) is 9.91. The quantitative estimate of drug-likeness (QED) is 0.353. The van der Waals surface area contributed by atoms with Gasteiger partial charge in [-0.05, 0) is 18.6 Å². The van der Waals surface area contributed by atoms with Gasteiger partial charge in [0.05, 0.1) is 10.3 Å². The predicted octanol–water partition coefficient (Wildman–Crippen LogP) is 3.01. The second-order valence-electron chi connectivity index (χ2n) is 4.20. The van der Waals surface area contributed by atoms with Crippen LogP contribution in [-0.2, 0) is 9.36 Å². The van der Waals surface area contributed by atoms with Gasteiger partial charge in [0.1, 0.15) is 0 Å². The molecule has 0 bridgehead atoms. The summed E-state index contributed by atoms with van der Waals surface area (Å²) < 4.78 is 19.7. The molecular formula is C13H22ClFNO5P. The zero-order chi connectivity index (χ0) is 17.6. The van der Waals surface area contributed by atoms with Gasteiger partial charge >= 0.3 is 13.6 Å². The number of carboxylic acid groups (broad SMARTS) is 1. The minimum Gasteiger partial charge on any atom is -0.481 e. The van der Waals surface area contributed by atoms with Crippen molar-refractivity contribution in [2.75, 3.05) is 0 Å². The number of carboxylic acids is 1. The molecule has 0 saturated heterocycles. The van der Waals surface area contributed by atoms with Gasteiger partial charge in [0.2, 0.25) is 0 Å². The Morgan fingerprint density at radius 2 is 1.77 bits per heavy atom. The van der Waals surface area contributed by atoms with E-state index in [2.05, 4.69) is 12.9 Å². The third-order valence-corrected chi connectivity index (χ3v) is 3.89. The van der Waals surface area contributed by atoms with Gasteiger partial charge < -0.3 is 14.9 Å². The number of hydrogen-bond acceptors (Lipinski definition) is 3. The molecule has 1 rings (SSSR count). The van der Waals surface area contributed by atoms with E-state index in [0.717, 1.165) is 19.3 Å². The maximum atomic E-state index is 10.7. The molecule has 0 saturated carbocycles. The Labute approximate surface area is 134 Å². The number of unbranched alkanes of at least 4 members (excludes halogenated alkanes) is 3. The molecule has 0 unspecified atom stereocenters. The SMILES string of the molecule is CCCCCCC(=O)O.NF.O=P(O)(O)c1ccccc1Cl. The van der Waals surface area contributed by atoms with Crippen molar-refractivity contribution in [2.24, 2.45) is 5.96 Å². The minimum atomic E-state index is -4.19. The lowest BCUT2D eigenvalue weighted by molar-refractivity contribution is -0.137. The van der Waals surface area contributed by atoms with Crippen molar-refractivity contribution in [1.82, 2.24) is 0 Å². The van der Waals surface area contributed by atoms with Crippen molar-refractivity contribution < 1.29 is 28.7 Å². The topological polar surface area (TPSA) is 121 Å². The Kier molecular flexibility index (Phi) is 14.5. The summed E-state index contributed by atoms with van der Waals surface area (Å²) in [6, 6.07) is 5.89. The summed E-state index contributed by atoms with van der Waals surface area (Å²) in [6.45, 7) is 2.11. The number of benzene rings is 1. The van der Waals surface area contributed by atoms with Gasteiger partial charge in [-0.1, -0.05) is 49.9 Å². The molecular weight excluding hydrogens is 336 g/mol. The molecule has 0 spiro atoms. The molecule has 0 aromatic heterocycles. The zero-order valence-electron chi connectivity index (χ0n) is 12.3. The summed E-state index contributed by atoms with van der Waals surface area (Å²) >= 11 is 5.52. The van der Waals surface area contributed by atoms with Crippen molar-refractivity contribution in [2.45, 2.75) is 39.0 Å². The van der Waals surface area contributed by atoms with E-state index in [4.69, 9.17) is 31.0 Å². The van der Waals surface area contributed by atoms with Gasteiger partial charge in [-0.2, -0.15) is 5.96 Å². The van der Waals surface area contributed by atoms with E-state index in [1.54, 1.807) is 6.07 Å². The lowest BCUT2D eigenvalue weighted by atomic mass is 10.2. The van der Waals surface area contributed by atoms with Gasteiger partial charge in [-0.25, -0.2) is 0 Å². The standard InChI is InChI=1S/C7H14O2.C6H6ClO3P.FH2N/c1-2-3-4-5-6-7(8)9;7-5-3-1-2-4-6(5)11(8,9)10;1-2/h2-6H2,1H3,(H,8,9);1-4H,(H2,8,9,10);2H2. The minimum absolute atomic E-state index is 0.0980. The fourth-order valence-electron chi connectivity index (χ4n) is 1.39. The van der Waals surface area contributed by atoms with Crippen LogP contribution in [0.1, 0.15) is 39.0 Å². The molecule has 0 heterocycles. The van der Waals surface area contributed by atoms with E-state index in [9.17, 15) is 9.36 Å². The molecule has 5 N–H and O–H groups in total. The Bertz CT molecular complexity index is 469. The maximum absolute atomic E-state index is 10.7. The van der Waals surface area contributed by atoms with Gasteiger partial charge in [-0.3, -0.25) is 9.36 Å². The first-order valence-corrected chi connectivity index (χ1v) is 8.52. The first-order valence-electron chi connectivity index (χ1n) is 6.53. The highest BCUT2D eigenvalue weighted by molar-refractivity contribution is 7.60. The van der Waals surface area contributed by atoms with Crippen molar-refractivity contribution in [1.29, 1.82) is 0 Å². The van der Waals surface area contributed by atoms with Crippen molar-refractivity contribution in [3.05, 3.63) is 29.3 Å². The monoisotopic (exact) mass is 357 g/mol. The highest BCUT2D eigenvalue weighted by Gasteiger charge is 2.19. The van der Waals surface area contributed by atoms with Crippen LogP contribution < -0.4 is 11.3 Å². The third kappa shape index (κ3) is 12.7. The van der Waals surface area contributed by atoms with E-state index >= 15 is 0 Å². The highest BCUT2D eigenvalue weighted by atomic mass is 35.5. The molecule has 1 aromatic carbocycles. The Morgan fingerprint density at radius 1 is 1.23 bits per heavy atom. The van der Waals surface area contributed by atoms with Gasteiger partial charge in [0.25, 0.3) is 0 Å². The molecule has 0 aliphatic rings. The molecule has 128 valence electrons. The van der Waals surface area contributed by atoms with E-state index in [1.165, 1.54) is 24.6 Å². The van der Waals surface area contributed by atoms with Crippen LogP contribution in [0, 0.1) is 0 Å². The van der Waals surface area contributed by atoms with Crippen molar-refractivity contribution >= 4 is 30.5 Å². The summed E-state index contributed by atoms with van der Waals surface area (Å²) in [5.41, 5.74) is 0. The molecule has 0 aliphatic heterocycles. The summed E-state index contributed by atoms with van der Waals surface area (Å²) in [4.78, 5) is 27.4. The number of hydrogen-bond donors (Lipinski definition) is 4.